The number of β-amino-alcohol motifs (C(OH)–C–C–N with tert-alkyl or cyclic N) is 1. The maximum absolute atomic E-state index is 12.0. The Balaban J connectivity index is 1.78. The van der Waals surface area contributed by atoms with Crippen molar-refractivity contribution in [2.24, 2.45) is 0 Å². The first-order valence-corrected chi connectivity index (χ1v) is 7.39. The maximum Gasteiger partial charge on any atom is 0.238 e. The van der Waals surface area contributed by atoms with Gasteiger partial charge in [-0.05, 0) is 26.0 Å². The molecule has 2 unspecified atom stereocenters. The summed E-state index contributed by atoms with van der Waals surface area (Å²) in [5.41, 5.74) is 0.725. The molecule has 0 radical (unpaired) electrons. The lowest BCUT2D eigenvalue weighted by molar-refractivity contribution is -0.118. The molecule has 21 heavy (non-hydrogen) atoms. The van der Waals surface area contributed by atoms with Crippen molar-refractivity contribution in [1.29, 1.82) is 0 Å². The second kappa shape index (κ2) is 7.49. The molecule has 1 aromatic heterocycles. The van der Waals surface area contributed by atoms with Crippen LogP contribution in [0.1, 0.15) is 13.8 Å². The molecule has 1 aliphatic heterocycles. The summed E-state index contributed by atoms with van der Waals surface area (Å²) < 4.78 is 0. The molecular weight excluding hydrogens is 268 g/mol. The highest BCUT2D eigenvalue weighted by Gasteiger charge is 2.25. The zero-order valence-electron chi connectivity index (χ0n) is 12.7. The van der Waals surface area contributed by atoms with E-state index in [4.69, 9.17) is 0 Å². The standard InChI is InChI=1S/C15H24N4O2/c1-12-9-18(6-7-19(12)10-13(2)20)11-15(21)17-14-4-3-5-16-8-14/h3-5,8,12-13,20H,6-7,9-11H2,1-2H3,(H,17,21). The minimum Gasteiger partial charge on any atom is -0.392 e. The summed E-state index contributed by atoms with van der Waals surface area (Å²) in [5.74, 6) is -0.0147. The highest BCUT2D eigenvalue weighted by atomic mass is 16.3. The third-order valence-corrected chi connectivity index (χ3v) is 3.66. The fourth-order valence-corrected chi connectivity index (χ4v) is 2.67. The summed E-state index contributed by atoms with van der Waals surface area (Å²) in [6.45, 7) is 7.59. The first-order chi connectivity index (χ1) is 10.0. The number of hydrogen-bond acceptors (Lipinski definition) is 5. The van der Waals surface area contributed by atoms with Crippen LogP contribution in [0.25, 0.3) is 0 Å². The molecule has 1 saturated heterocycles. The Morgan fingerprint density at radius 3 is 3.00 bits per heavy atom. The van der Waals surface area contributed by atoms with Gasteiger partial charge < -0.3 is 10.4 Å². The van der Waals surface area contributed by atoms with Gasteiger partial charge in [0.15, 0.2) is 0 Å². The van der Waals surface area contributed by atoms with Crippen molar-refractivity contribution in [3.63, 3.8) is 0 Å². The molecule has 6 nitrogen and oxygen atoms in total. The molecular formula is C15H24N4O2. The zero-order chi connectivity index (χ0) is 15.2. The number of nitrogens with one attached hydrogen (secondary N) is 1. The van der Waals surface area contributed by atoms with E-state index in [1.165, 1.54) is 0 Å². The lowest BCUT2D eigenvalue weighted by atomic mass is 10.1. The van der Waals surface area contributed by atoms with Gasteiger partial charge in [-0.15, -0.1) is 0 Å². The van der Waals surface area contributed by atoms with Crippen LogP contribution in [-0.2, 0) is 4.79 Å². The number of carbonyl (C=O) groups excluding carboxylic acids is 1. The lowest BCUT2D eigenvalue weighted by Crippen LogP contribution is -2.54. The predicted octanol–water partition coefficient (Wildman–Crippen LogP) is 0.407. The Morgan fingerprint density at radius 2 is 2.38 bits per heavy atom. The van der Waals surface area contributed by atoms with Gasteiger partial charge in [0.2, 0.25) is 5.91 Å². The quantitative estimate of drug-likeness (QED) is 0.822. The fraction of sp³-hybridized carbons (Fsp3) is 0.600. The highest BCUT2D eigenvalue weighted by molar-refractivity contribution is 5.92. The second-order valence-corrected chi connectivity index (χ2v) is 5.72. The van der Waals surface area contributed by atoms with Gasteiger partial charge in [0.05, 0.1) is 24.5 Å². The number of aliphatic hydroxyl groups is 1. The second-order valence-electron chi connectivity index (χ2n) is 5.72. The monoisotopic (exact) mass is 292 g/mol. The first kappa shape index (κ1) is 15.9. The van der Waals surface area contributed by atoms with Crippen LogP contribution >= 0.6 is 0 Å². The van der Waals surface area contributed by atoms with Crippen molar-refractivity contribution in [1.82, 2.24) is 14.8 Å². The van der Waals surface area contributed by atoms with Crippen LogP contribution in [0.5, 0.6) is 0 Å². The third kappa shape index (κ3) is 5.08. The van der Waals surface area contributed by atoms with Crippen LogP contribution in [0.3, 0.4) is 0 Å². The molecule has 0 spiro atoms. The molecule has 2 atom stereocenters. The SMILES string of the molecule is CC(O)CN1CCN(CC(=O)Nc2cccnc2)CC1C. The number of carbonyl (C=O) groups is 1. The third-order valence-electron chi connectivity index (χ3n) is 3.66. The summed E-state index contributed by atoms with van der Waals surface area (Å²) in [6.07, 6.45) is 3.01. The normalized spacial score (nSPS) is 22.0. The van der Waals surface area contributed by atoms with Crippen molar-refractivity contribution in [3.8, 4) is 0 Å². The molecule has 6 heteroatoms. The van der Waals surface area contributed by atoms with Gasteiger partial charge in [-0.25, -0.2) is 0 Å². The number of pyridine rings is 1. The van der Waals surface area contributed by atoms with Crippen LogP contribution < -0.4 is 5.32 Å². The van der Waals surface area contributed by atoms with E-state index < -0.39 is 0 Å². The Morgan fingerprint density at radius 1 is 1.57 bits per heavy atom. The van der Waals surface area contributed by atoms with Gasteiger partial charge in [0.25, 0.3) is 0 Å². The Kier molecular flexibility index (Phi) is 5.67. The number of piperazine rings is 1. The largest absolute Gasteiger partial charge is 0.392 e. The van der Waals surface area contributed by atoms with Gasteiger partial charge in [0.1, 0.15) is 0 Å². The molecule has 2 N–H and O–H groups in total. The summed E-state index contributed by atoms with van der Waals surface area (Å²) in [4.78, 5) is 20.4. The van der Waals surface area contributed by atoms with Crippen LogP contribution in [0.4, 0.5) is 5.69 Å². The molecule has 0 saturated carbocycles. The van der Waals surface area contributed by atoms with E-state index in [1.54, 1.807) is 25.4 Å². The summed E-state index contributed by atoms with van der Waals surface area (Å²) in [7, 11) is 0. The molecule has 2 rings (SSSR count). The van der Waals surface area contributed by atoms with E-state index in [9.17, 15) is 9.90 Å². The summed E-state index contributed by atoms with van der Waals surface area (Å²) >= 11 is 0. The van der Waals surface area contributed by atoms with Gasteiger partial charge >= 0.3 is 0 Å². The Hall–Kier alpha value is -1.50. The van der Waals surface area contributed by atoms with Crippen molar-refractivity contribution >= 4 is 11.6 Å². The van der Waals surface area contributed by atoms with Gasteiger partial charge in [0, 0.05) is 38.4 Å². The van der Waals surface area contributed by atoms with E-state index in [1.807, 2.05) is 6.07 Å². The molecule has 0 bridgehead atoms. The molecule has 2 heterocycles. The van der Waals surface area contributed by atoms with E-state index >= 15 is 0 Å². The van der Waals surface area contributed by atoms with Crippen molar-refractivity contribution in [2.75, 3.05) is 38.0 Å². The number of aliphatic hydroxyl groups excluding tert-OH is 1. The smallest absolute Gasteiger partial charge is 0.238 e. The summed E-state index contributed by atoms with van der Waals surface area (Å²) in [6, 6.07) is 3.97. The number of rotatable bonds is 5. The minimum absolute atomic E-state index is 0.0147. The number of nitrogens with zero attached hydrogens (tertiary/aromatic N) is 3. The zero-order valence-corrected chi connectivity index (χ0v) is 12.7. The average molecular weight is 292 g/mol. The average Bonchev–Trinajstić information content (AvgIpc) is 2.42. The van der Waals surface area contributed by atoms with E-state index in [-0.39, 0.29) is 12.0 Å². The molecule has 1 aromatic rings. The van der Waals surface area contributed by atoms with Crippen molar-refractivity contribution in [2.45, 2.75) is 26.0 Å². The fourth-order valence-electron chi connectivity index (χ4n) is 2.67. The van der Waals surface area contributed by atoms with Crippen molar-refractivity contribution in [3.05, 3.63) is 24.5 Å². The van der Waals surface area contributed by atoms with E-state index in [2.05, 4.69) is 27.0 Å². The number of hydrogen-bond donors (Lipinski definition) is 2. The van der Waals surface area contributed by atoms with Crippen molar-refractivity contribution < 1.29 is 9.90 Å². The topological polar surface area (TPSA) is 68.7 Å². The Labute approximate surface area is 125 Å². The van der Waals surface area contributed by atoms with Crippen LogP contribution in [0.15, 0.2) is 24.5 Å². The molecule has 1 aliphatic rings. The molecule has 0 aliphatic carbocycles. The predicted molar refractivity (Wildman–Crippen MR) is 82.0 cm³/mol. The number of anilines is 1. The van der Waals surface area contributed by atoms with Crippen LogP contribution in [0.2, 0.25) is 0 Å². The number of amides is 1. The maximum atomic E-state index is 12.0. The van der Waals surface area contributed by atoms with Crippen LogP contribution in [-0.4, -0.2) is 70.7 Å². The summed E-state index contributed by atoms with van der Waals surface area (Å²) in [5, 5.41) is 12.3. The molecule has 0 aromatic carbocycles. The van der Waals surface area contributed by atoms with E-state index in [0.717, 1.165) is 25.3 Å². The van der Waals surface area contributed by atoms with Gasteiger partial charge in [-0.1, -0.05) is 0 Å². The number of aromatic nitrogens is 1. The van der Waals surface area contributed by atoms with E-state index in [0.29, 0.717) is 19.1 Å². The van der Waals surface area contributed by atoms with Crippen LogP contribution in [0, 0.1) is 0 Å². The molecule has 116 valence electrons. The minimum atomic E-state index is -0.312. The highest BCUT2D eigenvalue weighted by Crippen LogP contribution is 2.10. The molecule has 1 fully saturated rings. The van der Waals surface area contributed by atoms with Gasteiger partial charge in [-0.3, -0.25) is 19.6 Å². The lowest BCUT2D eigenvalue weighted by Gasteiger charge is -2.40. The first-order valence-electron chi connectivity index (χ1n) is 7.39. The Bertz CT molecular complexity index is 452. The molecule has 1 amide bonds. The van der Waals surface area contributed by atoms with Gasteiger partial charge in [-0.2, -0.15) is 0 Å².